The number of hydrogen-bond donors (Lipinski definition) is 0. The SMILES string of the molecule is Cc1ccc(S(=O)(=O)n2cc(C=Nn3cnc4sc5c(c4c3=O)CCCC5)c3ccccc32)cc1. The van der Waals surface area contributed by atoms with Crippen molar-refractivity contribution in [2.24, 2.45) is 5.10 Å². The molecule has 0 atom stereocenters. The first kappa shape index (κ1) is 21.9. The summed E-state index contributed by atoms with van der Waals surface area (Å²) in [4.78, 5) is 19.9. The molecule has 0 amide bonds. The second-order valence-electron chi connectivity index (χ2n) is 8.75. The molecule has 0 bridgehead atoms. The molecule has 0 aliphatic heterocycles. The van der Waals surface area contributed by atoms with Gasteiger partial charge in [0.2, 0.25) is 0 Å². The van der Waals surface area contributed by atoms with Gasteiger partial charge in [-0.1, -0.05) is 35.9 Å². The Hall–Kier alpha value is -3.56. The molecule has 0 radical (unpaired) electrons. The maximum absolute atomic E-state index is 13.4. The van der Waals surface area contributed by atoms with Gasteiger partial charge < -0.3 is 0 Å². The summed E-state index contributed by atoms with van der Waals surface area (Å²) in [5.41, 5.74) is 3.04. The molecule has 0 fully saturated rings. The lowest BCUT2D eigenvalue weighted by molar-refractivity contribution is 0.589. The van der Waals surface area contributed by atoms with Crippen LogP contribution in [0.1, 0.15) is 34.4 Å². The predicted molar refractivity (Wildman–Crippen MR) is 139 cm³/mol. The Kier molecular flexibility index (Phi) is 5.19. The predicted octanol–water partition coefficient (Wildman–Crippen LogP) is 4.72. The third-order valence-corrected chi connectivity index (χ3v) is 9.35. The van der Waals surface area contributed by atoms with Crippen molar-refractivity contribution in [2.45, 2.75) is 37.5 Å². The molecule has 6 rings (SSSR count). The van der Waals surface area contributed by atoms with Crippen molar-refractivity contribution in [2.75, 3.05) is 0 Å². The van der Waals surface area contributed by atoms with Gasteiger partial charge in [0.25, 0.3) is 15.6 Å². The standard InChI is InChI=1S/C26H22N4O3S2/c1-17-10-12-19(13-11-17)35(32,33)30-15-18(20-6-2-4-8-22(20)30)14-28-29-16-27-25-24(26(29)31)21-7-3-5-9-23(21)34-25/h2,4,6,8,10-16H,3,5,7,9H2,1H3. The molecule has 1 aliphatic carbocycles. The molecule has 176 valence electrons. The zero-order chi connectivity index (χ0) is 24.2. The van der Waals surface area contributed by atoms with Gasteiger partial charge in [-0.3, -0.25) is 4.79 Å². The Morgan fingerprint density at radius 2 is 1.83 bits per heavy atom. The highest BCUT2D eigenvalue weighted by Crippen LogP contribution is 2.33. The van der Waals surface area contributed by atoms with Crippen molar-refractivity contribution in [3.05, 3.63) is 93.0 Å². The van der Waals surface area contributed by atoms with E-state index in [2.05, 4.69) is 10.1 Å². The molecule has 0 saturated carbocycles. The second-order valence-corrected chi connectivity index (χ2v) is 11.6. The summed E-state index contributed by atoms with van der Waals surface area (Å²) in [6, 6.07) is 14.0. The Morgan fingerprint density at radius 1 is 1.06 bits per heavy atom. The van der Waals surface area contributed by atoms with Gasteiger partial charge in [-0.25, -0.2) is 17.4 Å². The van der Waals surface area contributed by atoms with Crippen LogP contribution in [0.5, 0.6) is 0 Å². The van der Waals surface area contributed by atoms with Crippen molar-refractivity contribution < 1.29 is 8.42 Å². The number of thiophene rings is 1. The molecule has 7 nitrogen and oxygen atoms in total. The molecule has 1 aliphatic rings. The minimum Gasteiger partial charge on any atom is -0.267 e. The van der Waals surface area contributed by atoms with Crippen molar-refractivity contribution in [1.82, 2.24) is 13.6 Å². The van der Waals surface area contributed by atoms with Gasteiger partial charge in [-0.15, -0.1) is 11.3 Å². The van der Waals surface area contributed by atoms with Crippen molar-refractivity contribution in [1.29, 1.82) is 0 Å². The van der Waals surface area contributed by atoms with Gasteiger partial charge in [0, 0.05) is 22.0 Å². The van der Waals surface area contributed by atoms with Crippen LogP contribution >= 0.6 is 11.3 Å². The summed E-state index contributed by atoms with van der Waals surface area (Å²) in [5, 5.41) is 5.78. The van der Waals surface area contributed by atoms with Crippen LogP contribution in [0, 0.1) is 6.92 Å². The summed E-state index contributed by atoms with van der Waals surface area (Å²) in [6.45, 7) is 1.91. The normalized spacial score (nSPS) is 14.2. The molecule has 0 saturated heterocycles. The lowest BCUT2D eigenvalue weighted by Gasteiger charge is -2.09. The van der Waals surface area contributed by atoms with E-state index in [1.165, 1.54) is 26.1 Å². The monoisotopic (exact) mass is 502 g/mol. The fourth-order valence-electron chi connectivity index (χ4n) is 4.64. The van der Waals surface area contributed by atoms with Crippen LogP contribution in [0.15, 0.2) is 75.8 Å². The first-order valence-electron chi connectivity index (χ1n) is 11.4. The van der Waals surface area contributed by atoms with Gasteiger partial charge >= 0.3 is 0 Å². The molecule has 3 aromatic heterocycles. The summed E-state index contributed by atoms with van der Waals surface area (Å²) < 4.78 is 29.3. The number of aryl methyl sites for hydroxylation is 3. The first-order chi connectivity index (χ1) is 16.9. The van der Waals surface area contributed by atoms with E-state index in [-0.39, 0.29) is 10.5 Å². The van der Waals surface area contributed by atoms with Crippen LogP contribution in [0.4, 0.5) is 0 Å². The van der Waals surface area contributed by atoms with E-state index in [1.807, 2.05) is 19.1 Å². The van der Waals surface area contributed by atoms with E-state index >= 15 is 0 Å². The van der Waals surface area contributed by atoms with Gasteiger partial charge in [0.1, 0.15) is 11.2 Å². The Labute approximate surface area is 206 Å². The van der Waals surface area contributed by atoms with Crippen molar-refractivity contribution >= 4 is 48.7 Å². The van der Waals surface area contributed by atoms with E-state index in [0.29, 0.717) is 16.5 Å². The van der Waals surface area contributed by atoms with Gasteiger partial charge in [0.15, 0.2) is 0 Å². The third kappa shape index (κ3) is 3.62. The number of rotatable bonds is 4. The molecule has 3 heterocycles. The topological polar surface area (TPSA) is 86.3 Å². The highest BCUT2D eigenvalue weighted by atomic mass is 32.2. The average molecular weight is 503 g/mol. The van der Waals surface area contributed by atoms with Gasteiger partial charge in [-0.2, -0.15) is 9.78 Å². The highest BCUT2D eigenvalue weighted by molar-refractivity contribution is 7.90. The van der Waals surface area contributed by atoms with Gasteiger partial charge in [0.05, 0.1) is 22.0 Å². The maximum atomic E-state index is 13.4. The fourth-order valence-corrected chi connectivity index (χ4v) is 7.24. The second kappa shape index (κ2) is 8.28. The number of nitrogens with zero attached hydrogens (tertiary/aromatic N) is 4. The molecule has 0 N–H and O–H groups in total. The van der Waals surface area contributed by atoms with E-state index in [4.69, 9.17) is 0 Å². The molecule has 5 aromatic rings. The Bertz CT molecular complexity index is 1790. The first-order valence-corrected chi connectivity index (χ1v) is 13.7. The highest BCUT2D eigenvalue weighted by Gasteiger charge is 2.22. The number of para-hydroxylation sites is 1. The van der Waals surface area contributed by atoms with Crippen LogP contribution in [0.3, 0.4) is 0 Å². The van der Waals surface area contributed by atoms with Crippen LogP contribution in [0.2, 0.25) is 0 Å². The Morgan fingerprint density at radius 3 is 2.66 bits per heavy atom. The number of aromatic nitrogens is 3. The lowest BCUT2D eigenvalue weighted by atomic mass is 9.97. The molecule has 0 spiro atoms. The fraction of sp³-hybridized carbons (Fsp3) is 0.192. The molecule has 0 unspecified atom stereocenters. The van der Waals surface area contributed by atoms with Crippen molar-refractivity contribution in [3.63, 3.8) is 0 Å². The summed E-state index contributed by atoms with van der Waals surface area (Å²) >= 11 is 1.60. The number of hydrogen-bond acceptors (Lipinski definition) is 6. The number of benzene rings is 2. The van der Waals surface area contributed by atoms with E-state index in [1.54, 1.807) is 53.9 Å². The van der Waals surface area contributed by atoms with Crippen LogP contribution in [-0.2, 0) is 22.9 Å². The minimum atomic E-state index is -3.81. The summed E-state index contributed by atoms with van der Waals surface area (Å²) in [6.07, 6.45) is 8.61. The van der Waals surface area contributed by atoms with Gasteiger partial charge in [-0.05, 0) is 56.4 Å². The van der Waals surface area contributed by atoms with Crippen molar-refractivity contribution in [3.8, 4) is 0 Å². The molecule has 35 heavy (non-hydrogen) atoms. The molecular formula is C26H22N4O3S2. The maximum Gasteiger partial charge on any atom is 0.282 e. The Balaban J connectivity index is 1.45. The smallest absolute Gasteiger partial charge is 0.267 e. The largest absolute Gasteiger partial charge is 0.282 e. The van der Waals surface area contributed by atoms with Crippen LogP contribution in [-0.4, -0.2) is 28.3 Å². The number of fused-ring (bicyclic) bond motifs is 4. The zero-order valence-electron chi connectivity index (χ0n) is 19.0. The van der Waals surface area contributed by atoms with E-state index in [9.17, 15) is 13.2 Å². The van der Waals surface area contributed by atoms with E-state index < -0.39 is 10.0 Å². The van der Waals surface area contributed by atoms with Crippen LogP contribution in [0.25, 0.3) is 21.1 Å². The quantitative estimate of drug-likeness (QED) is 0.333. The molecular weight excluding hydrogens is 480 g/mol. The summed E-state index contributed by atoms with van der Waals surface area (Å²) in [5.74, 6) is 0. The average Bonchev–Trinajstić information content (AvgIpc) is 3.43. The lowest BCUT2D eigenvalue weighted by Crippen LogP contribution is -2.18. The minimum absolute atomic E-state index is 0.193. The van der Waals surface area contributed by atoms with Crippen LogP contribution < -0.4 is 5.56 Å². The summed E-state index contributed by atoms with van der Waals surface area (Å²) in [7, 11) is -3.81. The molecule has 2 aromatic carbocycles. The molecule has 9 heteroatoms. The zero-order valence-corrected chi connectivity index (χ0v) is 20.6. The third-order valence-electron chi connectivity index (χ3n) is 6.47. The van der Waals surface area contributed by atoms with E-state index in [0.717, 1.165) is 47.0 Å².